The van der Waals surface area contributed by atoms with E-state index in [1.54, 1.807) is 25.1 Å². The van der Waals surface area contributed by atoms with Crippen molar-refractivity contribution in [3.8, 4) is 0 Å². The Hall–Kier alpha value is -1.91. The summed E-state index contributed by atoms with van der Waals surface area (Å²) in [5.74, 6) is -2.58. The molecule has 1 aromatic carbocycles. The Morgan fingerprint density at radius 3 is 2.52 bits per heavy atom. The molecule has 4 nitrogen and oxygen atoms in total. The highest BCUT2D eigenvalue weighted by molar-refractivity contribution is 5.85. The van der Waals surface area contributed by atoms with Gasteiger partial charge in [0.1, 0.15) is 5.82 Å². The molecular formula is C16H20FNO3. The van der Waals surface area contributed by atoms with Crippen LogP contribution in [0.2, 0.25) is 0 Å². The fourth-order valence-corrected chi connectivity index (χ4v) is 3.08. The van der Waals surface area contributed by atoms with Crippen LogP contribution in [0.15, 0.2) is 24.3 Å². The van der Waals surface area contributed by atoms with Gasteiger partial charge in [-0.2, -0.15) is 0 Å². The van der Waals surface area contributed by atoms with E-state index >= 15 is 0 Å². The van der Waals surface area contributed by atoms with Gasteiger partial charge >= 0.3 is 5.97 Å². The lowest BCUT2D eigenvalue weighted by molar-refractivity contribution is -0.146. The van der Waals surface area contributed by atoms with Crippen molar-refractivity contribution in [3.05, 3.63) is 35.6 Å². The predicted molar refractivity (Wildman–Crippen MR) is 76.0 cm³/mol. The molecule has 4 atom stereocenters. The van der Waals surface area contributed by atoms with Crippen LogP contribution in [0.1, 0.15) is 38.3 Å². The molecule has 0 aliphatic heterocycles. The van der Waals surface area contributed by atoms with Crippen molar-refractivity contribution in [3.63, 3.8) is 0 Å². The van der Waals surface area contributed by atoms with Gasteiger partial charge < -0.3 is 10.4 Å². The van der Waals surface area contributed by atoms with Crippen molar-refractivity contribution in [1.29, 1.82) is 0 Å². The van der Waals surface area contributed by atoms with E-state index in [0.29, 0.717) is 18.4 Å². The normalized spacial score (nSPS) is 26.3. The lowest BCUT2D eigenvalue weighted by Crippen LogP contribution is -2.36. The van der Waals surface area contributed by atoms with Gasteiger partial charge in [-0.05, 0) is 31.7 Å². The maximum atomic E-state index is 13.7. The Labute approximate surface area is 123 Å². The number of carboxylic acids is 1. The molecule has 2 N–H and O–H groups in total. The minimum Gasteiger partial charge on any atom is -0.481 e. The van der Waals surface area contributed by atoms with Crippen molar-refractivity contribution >= 4 is 11.9 Å². The molecule has 5 heteroatoms. The third kappa shape index (κ3) is 3.40. The molecule has 0 radical (unpaired) electrons. The summed E-state index contributed by atoms with van der Waals surface area (Å²) >= 11 is 0. The molecule has 1 aliphatic carbocycles. The second kappa shape index (κ2) is 6.24. The van der Waals surface area contributed by atoms with Crippen LogP contribution in [-0.2, 0) is 9.59 Å². The number of carbonyl (C=O) groups excluding carboxylic acids is 1. The summed E-state index contributed by atoms with van der Waals surface area (Å²) in [5.41, 5.74) is 0.406. The number of hydrogen-bond donors (Lipinski definition) is 2. The van der Waals surface area contributed by atoms with Gasteiger partial charge in [0.15, 0.2) is 0 Å². The largest absolute Gasteiger partial charge is 0.481 e. The molecule has 0 bridgehead atoms. The van der Waals surface area contributed by atoms with E-state index in [1.807, 2.05) is 6.92 Å². The highest BCUT2D eigenvalue weighted by Crippen LogP contribution is 2.37. The first kappa shape index (κ1) is 15.5. The molecule has 0 spiro atoms. The summed E-state index contributed by atoms with van der Waals surface area (Å²) in [6, 6.07) is 5.77. The second-order valence-corrected chi connectivity index (χ2v) is 5.88. The van der Waals surface area contributed by atoms with Gasteiger partial charge in [0.05, 0.1) is 17.9 Å². The standard InChI is InChI=1S/C16H20FNO3/c1-9-7-12(13(8-9)16(20)21)15(19)18-10(2)11-5-3-4-6-14(11)17/h3-6,9-10,12-13H,7-8H2,1-2H3,(H,18,19)(H,20,21)/t9?,10-,12?,13?/m0/s1. The molecule has 0 saturated heterocycles. The molecule has 1 amide bonds. The van der Waals surface area contributed by atoms with Crippen LogP contribution in [0.4, 0.5) is 4.39 Å². The van der Waals surface area contributed by atoms with Crippen LogP contribution in [0.25, 0.3) is 0 Å². The maximum Gasteiger partial charge on any atom is 0.307 e. The van der Waals surface area contributed by atoms with Gasteiger partial charge in [0.2, 0.25) is 5.91 Å². The lowest BCUT2D eigenvalue weighted by Gasteiger charge is -2.20. The maximum absolute atomic E-state index is 13.7. The van der Waals surface area contributed by atoms with Crippen LogP contribution < -0.4 is 5.32 Å². The average Bonchev–Trinajstić information content (AvgIpc) is 2.81. The monoisotopic (exact) mass is 293 g/mol. The fraction of sp³-hybridized carbons (Fsp3) is 0.500. The van der Waals surface area contributed by atoms with E-state index in [2.05, 4.69) is 5.32 Å². The molecule has 0 heterocycles. The van der Waals surface area contributed by atoms with Gasteiger partial charge in [-0.25, -0.2) is 4.39 Å². The fourth-order valence-electron chi connectivity index (χ4n) is 3.08. The Morgan fingerprint density at radius 1 is 1.29 bits per heavy atom. The van der Waals surface area contributed by atoms with Crippen molar-refractivity contribution in [2.24, 2.45) is 17.8 Å². The first-order chi connectivity index (χ1) is 9.90. The van der Waals surface area contributed by atoms with Crippen LogP contribution >= 0.6 is 0 Å². The average molecular weight is 293 g/mol. The third-order valence-electron chi connectivity index (χ3n) is 4.18. The first-order valence-corrected chi connectivity index (χ1v) is 7.17. The van der Waals surface area contributed by atoms with Crippen molar-refractivity contribution in [2.45, 2.75) is 32.7 Å². The van der Waals surface area contributed by atoms with Gasteiger partial charge in [0.25, 0.3) is 0 Å². The molecule has 1 saturated carbocycles. The van der Waals surface area contributed by atoms with Gasteiger partial charge in [-0.1, -0.05) is 25.1 Å². The Bertz CT molecular complexity index is 546. The van der Waals surface area contributed by atoms with Crippen molar-refractivity contribution < 1.29 is 19.1 Å². The highest BCUT2D eigenvalue weighted by atomic mass is 19.1. The molecule has 1 aromatic rings. The molecule has 3 unspecified atom stereocenters. The summed E-state index contributed by atoms with van der Waals surface area (Å²) in [4.78, 5) is 23.5. The molecule has 1 aliphatic rings. The summed E-state index contributed by atoms with van der Waals surface area (Å²) in [5, 5.41) is 11.9. The first-order valence-electron chi connectivity index (χ1n) is 7.17. The summed E-state index contributed by atoms with van der Waals surface area (Å²) in [6.45, 7) is 3.65. The number of nitrogens with one attached hydrogen (secondary N) is 1. The third-order valence-corrected chi connectivity index (χ3v) is 4.18. The van der Waals surface area contributed by atoms with Crippen LogP contribution in [0, 0.1) is 23.6 Å². The zero-order valence-electron chi connectivity index (χ0n) is 12.2. The van der Waals surface area contributed by atoms with E-state index < -0.39 is 23.8 Å². The van der Waals surface area contributed by atoms with Crippen molar-refractivity contribution in [2.75, 3.05) is 0 Å². The lowest BCUT2D eigenvalue weighted by atomic mass is 9.94. The van der Waals surface area contributed by atoms with E-state index in [4.69, 9.17) is 0 Å². The van der Waals surface area contributed by atoms with Gasteiger partial charge in [-0.15, -0.1) is 0 Å². The number of benzene rings is 1. The number of halogens is 1. The summed E-state index contributed by atoms with van der Waals surface area (Å²) in [7, 11) is 0. The number of carboxylic acid groups (broad SMARTS) is 1. The van der Waals surface area contributed by atoms with Crippen molar-refractivity contribution in [1.82, 2.24) is 5.32 Å². The topological polar surface area (TPSA) is 66.4 Å². The molecular weight excluding hydrogens is 273 g/mol. The molecule has 0 aromatic heterocycles. The Morgan fingerprint density at radius 2 is 1.90 bits per heavy atom. The number of aliphatic carboxylic acids is 1. The van der Waals surface area contributed by atoms with Gasteiger partial charge in [-0.3, -0.25) is 9.59 Å². The molecule has 114 valence electrons. The second-order valence-electron chi connectivity index (χ2n) is 5.88. The minimum atomic E-state index is -0.932. The SMILES string of the molecule is CC1CC(C(=O)O)C(C(=O)N[C@@H](C)c2ccccc2F)C1. The highest BCUT2D eigenvalue weighted by Gasteiger charge is 2.41. The number of amides is 1. The van der Waals surface area contributed by atoms with Crippen LogP contribution in [0.3, 0.4) is 0 Å². The number of hydrogen-bond acceptors (Lipinski definition) is 2. The quantitative estimate of drug-likeness (QED) is 0.897. The van der Waals surface area contributed by atoms with E-state index in [9.17, 15) is 19.1 Å². The van der Waals surface area contributed by atoms with E-state index in [0.717, 1.165) is 0 Å². The number of carbonyl (C=O) groups is 2. The zero-order chi connectivity index (χ0) is 15.6. The Balaban J connectivity index is 2.07. The predicted octanol–water partition coefficient (Wildman–Crippen LogP) is 2.75. The zero-order valence-corrected chi connectivity index (χ0v) is 12.2. The summed E-state index contributed by atoms with van der Waals surface area (Å²) in [6.07, 6.45) is 1.08. The van der Waals surface area contributed by atoms with Crippen LogP contribution in [0.5, 0.6) is 0 Å². The minimum absolute atomic E-state index is 0.214. The van der Waals surface area contributed by atoms with E-state index in [-0.39, 0.29) is 17.6 Å². The Kier molecular flexibility index (Phi) is 4.60. The smallest absolute Gasteiger partial charge is 0.307 e. The molecule has 21 heavy (non-hydrogen) atoms. The number of rotatable bonds is 4. The van der Waals surface area contributed by atoms with E-state index in [1.165, 1.54) is 6.07 Å². The summed E-state index contributed by atoms with van der Waals surface area (Å²) < 4.78 is 13.7. The molecule has 1 fully saturated rings. The van der Waals surface area contributed by atoms with Crippen LogP contribution in [-0.4, -0.2) is 17.0 Å². The molecule has 2 rings (SSSR count). The van der Waals surface area contributed by atoms with Gasteiger partial charge in [0, 0.05) is 5.56 Å².